The summed E-state index contributed by atoms with van der Waals surface area (Å²) in [4.78, 5) is 25.0. The zero-order valence-corrected chi connectivity index (χ0v) is 22.6. The fourth-order valence-corrected chi connectivity index (χ4v) is 9.86. The van der Waals surface area contributed by atoms with E-state index >= 15 is 0 Å². The quantitative estimate of drug-likeness (QED) is 0.600. The summed E-state index contributed by atoms with van der Waals surface area (Å²) in [5, 5.41) is 6.85. The summed E-state index contributed by atoms with van der Waals surface area (Å²) in [5.41, 5.74) is 0.395. The first-order valence-electron chi connectivity index (χ1n) is 14.3. The maximum atomic E-state index is 13.6. The van der Waals surface area contributed by atoms with Gasteiger partial charge in [-0.05, 0) is 70.3 Å². The van der Waals surface area contributed by atoms with E-state index in [9.17, 15) is 13.2 Å². The van der Waals surface area contributed by atoms with Crippen LogP contribution in [0.3, 0.4) is 0 Å². The number of rotatable bonds is 5. The molecule has 202 valence electrons. The van der Waals surface area contributed by atoms with Crippen LogP contribution in [-0.2, 0) is 20.4 Å². The van der Waals surface area contributed by atoms with Gasteiger partial charge in [-0.1, -0.05) is 13.3 Å². The first-order valence-corrected chi connectivity index (χ1v) is 15.7. The van der Waals surface area contributed by atoms with Gasteiger partial charge < -0.3 is 10.6 Å². The third-order valence-corrected chi connectivity index (χ3v) is 12.3. The minimum atomic E-state index is -3.47. The predicted octanol–water partition coefficient (Wildman–Crippen LogP) is 1.99. The second-order valence-corrected chi connectivity index (χ2v) is 14.2. The van der Waals surface area contributed by atoms with Crippen LogP contribution in [0.15, 0.2) is 6.20 Å². The van der Waals surface area contributed by atoms with Gasteiger partial charge in [-0.3, -0.25) is 9.69 Å². The molecule has 4 aliphatic heterocycles. The molecule has 1 amide bonds. The molecule has 3 unspecified atom stereocenters. The Morgan fingerprint density at radius 1 is 1.05 bits per heavy atom. The topological polar surface area (TPSA) is 111 Å². The van der Waals surface area contributed by atoms with Crippen molar-refractivity contribution in [1.82, 2.24) is 23.9 Å². The summed E-state index contributed by atoms with van der Waals surface area (Å²) >= 11 is 0. The van der Waals surface area contributed by atoms with E-state index in [-0.39, 0.29) is 28.9 Å². The maximum absolute atomic E-state index is 13.6. The van der Waals surface area contributed by atoms with Gasteiger partial charge in [0.2, 0.25) is 11.9 Å². The highest BCUT2D eigenvalue weighted by Crippen LogP contribution is 2.58. The summed E-state index contributed by atoms with van der Waals surface area (Å²) in [7, 11) is -3.47. The van der Waals surface area contributed by atoms with E-state index < -0.39 is 10.2 Å². The lowest BCUT2D eigenvalue weighted by Gasteiger charge is -2.39. The average Bonchev–Trinajstić information content (AvgIpc) is 3.18. The van der Waals surface area contributed by atoms with E-state index in [2.05, 4.69) is 22.5 Å². The molecule has 2 spiro atoms. The Morgan fingerprint density at radius 2 is 1.86 bits per heavy atom. The number of aromatic nitrogens is 2. The SMILES string of the molecule is CC1CCCC1N1C(=O)C2(CC2)c2cnc(NC3CCN(S(=O)(=O)N4CCCC45CCNC5)CC3)nc21. The highest BCUT2D eigenvalue weighted by molar-refractivity contribution is 7.86. The van der Waals surface area contributed by atoms with Crippen molar-refractivity contribution in [3.63, 3.8) is 0 Å². The zero-order valence-electron chi connectivity index (χ0n) is 21.8. The molecule has 0 bridgehead atoms. The Kier molecular flexibility index (Phi) is 5.63. The van der Waals surface area contributed by atoms with E-state index in [1.807, 2.05) is 11.1 Å². The standard InChI is InChI=1S/C26H39N7O3S/c1-18-4-2-5-21(18)33-22-20(26(9-10-26)23(33)34)16-28-24(30-22)29-19-6-14-31(15-7-19)37(35,36)32-13-3-8-25(32)11-12-27-17-25/h16,18-19,21,27H,2-15,17H2,1H3,(H,28,29,30). The average molecular weight is 530 g/mol. The zero-order chi connectivity index (χ0) is 25.4. The Morgan fingerprint density at radius 3 is 2.54 bits per heavy atom. The summed E-state index contributed by atoms with van der Waals surface area (Å²) in [6.07, 6.45) is 11.2. The Bertz CT molecular complexity index is 1180. The molecule has 0 aromatic carbocycles. The third kappa shape index (κ3) is 3.67. The lowest BCUT2D eigenvalue weighted by atomic mass is 9.97. The number of amides is 1. The lowest BCUT2D eigenvalue weighted by Crippen LogP contribution is -2.55. The molecule has 0 radical (unpaired) electrons. The second kappa shape index (κ2) is 8.59. The van der Waals surface area contributed by atoms with E-state index in [4.69, 9.17) is 4.98 Å². The summed E-state index contributed by atoms with van der Waals surface area (Å²) < 4.78 is 30.6. The number of anilines is 2. The van der Waals surface area contributed by atoms with Crippen LogP contribution in [-0.4, -0.2) is 83.2 Å². The van der Waals surface area contributed by atoms with Crippen LogP contribution in [0.5, 0.6) is 0 Å². The Hall–Kier alpha value is -1.82. The molecule has 2 saturated carbocycles. The highest BCUT2D eigenvalue weighted by Gasteiger charge is 2.62. The van der Waals surface area contributed by atoms with E-state index in [1.54, 1.807) is 8.61 Å². The maximum Gasteiger partial charge on any atom is 0.282 e. The van der Waals surface area contributed by atoms with E-state index in [0.717, 1.165) is 75.8 Å². The molecule has 7 rings (SSSR count). The van der Waals surface area contributed by atoms with Crippen molar-refractivity contribution in [3.05, 3.63) is 11.8 Å². The van der Waals surface area contributed by atoms with Gasteiger partial charge in [0.25, 0.3) is 10.2 Å². The fourth-order valence-electron chi connectivity index (χ4n) is 7.81. The number of hydrogen-bond acceptors (Lipinski definition) is 7. The van der Waals surface area contributed by atoms with Gasteiger partial charge in [0.1, 0.15) is 5.82 Å². The van der Waals surface area contributed by atoms with Gasteiger partial charge in [-0.15, -0.1) is 0 Å². The second-order valence-electron chi connectivity index (χ2n) is 12.3. The molecule has 37 heavy (non-hydrogen) atoms. The first kappa shape index (κ1) is 24.2. The van der Waals surface area contributed by atoms with Gasteiger partial charge >= 0.3 is 0 Å². The minimum absolute atomic E-state index is 0.107. The molecule has 10 nitrogen and oxygen atoms in total. The van der Waals surface area contributed by atoms with Crippen LogP contribution >= 0.6 is 0 Å². The predicted molar refractivity (Wildman–Crippen MR) is 141 cm³/mol. The van der Waals surface area contributed by atoms with Gasteiger partial charge in [-0.25, -0.2) is 4.98 Å². The molecule has 6 aliphatic rings. The van der Waals surface area contributed by atoms with Crippen molar-refractivity contribution in [2.75, 3.05) is 42.9 Å². The first-order chi connectivity index (χ1) is 17.8. The molecular weight excluding hydrogens is 490 g/mol. The summed E-state index contributed by atoms with van der Waals surface area (Å²) in [5.74, 6) is 2.07. The van der Waals surface area contributed by atoms with Crippen LogP contribution < -0.4 is 15.5 Å². The fraction of sp³-hybridized carbons (Fsp3) is 0.808. The van der Waals surface area contributed by atoms with Crippen molar-refractivity contribution < 1.29 is 13.2 Å². The lowest BCUT2D eigenvalue weighted by molar-refractivity contribution is -0.120. The molecule has 5 heterocycles. The number of fused-ring (bicyclic) bond motifs is 2. The number of carbonyl (C=O) groups is 1. The van der Waals surface area contributed by atoms with Crippen LogP contribution in [0.1, 0.15) is 76.7 Å². The number of nitrogens with one attached hydrogen (secondary N) is 2. The van der Waals surface area contributed by atoms with Crippen molar-refractivity contribution in [2.24, 2.45) is 5.92 Å². The number of piperidine rings is 1. The van der Waals surface area contributed by atoms with Gasteiger partial charge in [-0.2, -0.15) is 22.0 Å². The number of carbonyl (C=O) groups excluding carboxylic acids is 1. The van der Waals surface area contributed by atoms with Gasteiger partial charge in [0.05, 0.1) is 11.0 Å². The molecule has 2 aliphatic carbocycles. The van der Waals surface area contributed by atoms with Crippen LogP contribution in [0.2, 0.25) is 0 Å². The molecule has 3 saturated heterocycles. The molecule has 1 aromatic rings. The largest absolute Gasteiger partial charge is 0.351 e. The minimum Gasteiger partial charge on any atom is -0.351 e. The Balaban J connectivity index is 1.05. The van der Waals surface area contributed by atoms with Gasteiger partial charge in [0, 0.05) is 50.0 Å². The molecule has 1 aromatic heterocycles. The van der Waals surface area contributed by atoms with Gasteiger partial charge in [0.15, 0.2) is 0 Å². The summed E-state index contributed by atoms with van der Waals surface area (Å²) in [6.45, 7) is 5.53. The number of nitrogens with zero attached hydrogens (tertiary/aromatic N) is 5. The van der Waals surface area contributed by atoms with Crippen molar-refractivity contribution in [2.45, 2.75) is 94.2 Å². The summed E-state index contributed by atoms with van der Waals surface area (Å²) in [6, 6.07) is 0.336. The number of hydrogen-bond donors (Lipinski definition) is 2. The normalized spacial score (nSPS) is 34.2. The highest BCUT2D eigenvalue weighted by atomic mass is 32.2. The molecule has 3 atom stereocenters. The van der Waals surface area contributed by atoms with Crippen LogP contribution in [0.25, 0.3) is 0 Å². The van der Waals surface area contributed by atoms with Crippen molar-refractivity contribution >= 4 is 27.9 Å². The molecule has 5 fully saturated rings. The monoisotopic (exact) mass is 529 g/mol. The van der Waals surface area contributed by atoms with E-state index in [1.165, 1.54) is 0 Å². The van der Waals surface area contributed by atoms with E-state index in [0.29, 0.717) is 44.3 Å². The van der Waals surface area contributed by atoms with Crippen LogP contribution in [0, 0.1) is 5.92 Å². The van der Waals surface area contributed by atoms with Crippen molar-refractivity contribution in [1.29, 1.82) is 0 Å². The Labute approximate surface area is 219 Å². The molecule has 2 N–H and O–H groups in total. The smallest absolute Gasteiger partial charge is 0.282 e. The van der Waals surface area contributed by atoms with Crippen molar-refractivity contribution in [3.8, 4) is 0 Å². The molecular formula is C26H39N7O3S. The van der Waals surface area contributed by atoms with Crippen LogP contribution in [0.4, 0.5) is 11.8 Å². The molecule has 11 heteroatoms. The third-order valence-electron chi connectivity index (χ3n) is 10.2.